The van der Waals surface area contributed by atoms with Gasteiger partial charge in [0.1, 0.15) is 0 Å². The van der Waals surface area contributed by atoms with Crippen molar-refractivity contribution in [1.29, 1.82) is 0 Å². The topological polar surface area (TPSA) is 12.0 Å². The van der Waals surface area contributed by atoms with E-state index in [0.29, 0.717) is 6.04 Å². The van der Waals surface area contributed by atoms with Crippen molar-refractivity contribution in [2.45, 2.75) is 32.2 Å². The van der Waals surface area contributed by atoms with Gasteiger partial charge in [0.15, 0.2) is 0 Å². The molecule has 1 aromatic carbocycles. The minimum Gasteiger partial charge on any atom is -0.310 e. The molecule has 0 heterocycles. The first kappa shape index (κ1) is 11.2. The summed E-state index contributed by atoms with van der Waals surface area (Å²) in [7, 11) is 0. The van der Waals surface area contributed by atoms with Crippen LogP contribution in [0.25, 0.3) is 0 Å². The maximum atomic E-state index is 3.65. The Bertz CT molecular complexity index is 303. The molecule has 0 bridgehead atoms. The molecule has 1 aliphatic carbocycles. The monoisotopic (exact) mass is 267 g/mol. The summed E-state index contributed by atoms with van der Waals surface area (Å²) in [6.07, 6.45) is 3.98. The van der Waals surface area contributed by atoms with Gasteiger partial charge in [0.05, 0.1) is 0 Å². The van der Waals surface area contributed by atoms with Crippen LogP contribution in [0.3, 0.4) is 0 Å². The molecule has 82 valence electrons. The van der Waals surface area contributed by atoms with Crippen molar-refractivity contribution in [3.8, 4) is 0 Å². The Kier molecular flexibility index (Phi) is 3.81. The number of benzene rings is 1. The van der Waals surface area contributed by atoms with Crippen molar-refractivity contribution in [3.05, 3.63) is 34.3 Å². The summed E-state index contributed by atoms with van der Waals surface area (Å²) in [5.41, 5.74) is 1.44. The summed E-state index contributed by atoms with van der Waals surface area (Å²) in [4.78, 5) is 0. The van der Waals surface area contributed by atoms with Crippen LogP contribution in [0.4, 0.5) is 0 Å². The van der Waals surface area contributed by atoms with Crippen molar-refractivity contribution in [2.24, 2.45) is 5.92 Å². The van der Waals surface area contributed by atoms with Gasteiger partial charge in [0.25, 0.3) is 0 Å². The molecule has 0 amide bonds. The van der Waals surface area contributed by atoms with Crippen molar-refractivity contribution in [1.82, 2.24) is 5.32 Å². The summed E-state index contributed by atoms with van der Waals surface area (Å²) >= 11 is 3.48. The molecule has 15 heavy (non-hydrogen) atoms. The number of halogens is 1. The zero-order valence-corrected chi connectivity index (χ0v) is 10.8. The molecule has 1 N–H and O–H groups in total. The Hall–Kier alpha value is -0.340. The van der Waals surface area contributed by atoms with E-state index in [1.165, 1.54) is 24.8 Å². The predicted octanol–water partition coefficient (Wildman–Crippen LogP) is 3.90. The van der Waals surface area contributed by atoms with Crippen LogP contribution in [-0.2, 0) is 0 Å². The highest BCUT2D eigenvalue weighted by Crippen LogP contribution is 2.41. The quantitative estimate of drug-likeness (QED) is 0.854. The molecule has 1 fully saturated rings. The van der Waals surface area contributed by atoms with Gasteiger partial charge < -0.3 is 5.32 Å². The van der Waals surface area contributed by atoms with E-state index in [2.05, 4.69) is 52.4 Å². The van der Waals surface area contributed by atoms with Crippen LogP contribution >= 0.6 is 15.9 Å². The molecule has 1 unspecified atom stereocenters. The first-order valence-corrected chi connectivity index (χ1v) is 6.59. The number of hydrogen-bond acceptors (Lipinski definition) is 1. The zero-order chi connectivity index (χ0) is 10.7. The fourth-order valence-corrected chi connectivity index (χ4v) is 2.22. The third-order valence-electron chi connectivity index (χ3n) is 2.94. The minimum atomic E-state index is 0.582. The zero-order valence-electron chi connectivity index (χ0n) is 9.17. The molecule has 1 nitrogen and oxygen atoms in total. The minimum absolute atomic E-state index is 0.582. The van der Waals surface area contributed by atoms with Gasteiger partial charge in [-0.2, -0.15) is 0 Å². The van der Waals surface area contributed by atoms with Gasteiger partial charge in [-0.05, 0) is 49.4 Å². The molecule has 1 atom stereocenters. The molecule has 0 saturated heterocycles. The molecule has 0 aromatic heterocycles. The Balaban J connectivity index is 2.06. The average molecular weight is 268 g/mol. The van der Waals surface area contributed by atoms with E-state index in [0.717, 1.165) is 16.9 Å². The van der Waals surface area contributed by atoms with Crippen molar-refractivity contribution >= 4 is 15.9 Å². The van der Waals surface area contributed by atoms with Crippen LogP contribution in [0.15, 0.2) is 28.7 Å². The number of nitrogens with one attached hydrogen (secondary N) is 1. The van der Waals surface area contributed by atoms with E-state index in [-0.39, 0.29) is 0 Å². The smallest absolute Gasteiger partial charge is 0.0348 e. The lowest BCUT2D eigenvalue weighted by Crippen LogP contribution is -2.23. The van der Waals surface area contributed by atoms with Crippen molar-refractivity contribution < 1.29 is 0 Å². The third-order valence-corrected chi connectivity index (χ3v) is 3.47. The molecular formula is C13H18BrN. The third kappa shape index (κ3) is 3.05. The van der Waals surface area contributed by atoms with Gasteiger partial charge in [-0.25, -0.2) is 0 Å². The predicted molar refractivity (Wildman–Crippen MR) is 67.9 cm³/mol. The fourth-order valence-electron chi connectivity index (χ4n) is 1.96. The van der Waals surface area contributed by atoms with E-state index in [4.69, 9.17) is 0 Å². The summed E-state index contributed by atoms with van der Waals surface area (Å²) < 4.78 is 1.16. The highest BCUT2D eigenvalue weighted by Gasteiger charge is 2.31. The molecule has 0 aliphatic heterocycles. The lowest BCUT2D eigenvalue weighted by molar-refractivity contribution is 0.481. The molecule has 2 heteroatoms. The highest BCUT2D eigenvalue weighted by molar-refractivity contribution is 9.10. The average Bonchev–Trinajstić information content (AvgIpc) is 3.05. The van der Waals surface area contributed by atoms with Gasteiger partial charge >= 0.3 is 0 Å². The Morgan fingerprint density at radius 2 is 2.00 bits per heavy atom. The molecule has 1 saturated carbocycles. The molecule has 1 aliphatic rings. The van der Waals surface area contributed by atoms with Gasteiger partial charge in [0, 0.05) is 10.5 Å². The summed E-state index contributed by atoms with van der Waals surface area (Å²) in [6, 6.07) is 9.32. The lowest BCUT2D eigenvalue weighted by atomic mass is 10.0. The van der Waals surface area contributed by atoms with Crippen LogP contribution in [-0.4, -0.2) is 6.54 Å². The molecule has 0 spiro atoms. The van der Waals surface area contributed by atoms with Crippen molar-refractivity contribution in [3.63, 3.8) is 0 Å². The van der Waals surface area contributed by atoms with E-state index >= 15 is 0 Å². The molecule has 0 radical (unpaired) electrons. The fraction of sp³-hybridized carbons (Fsp3) is 0.538. The van der Waals surface area contributed by atoms with E-state index in [9.17, 15) is 0 Å². The van der Waals surface area contributed by atoms with Gasteiger partial charge in [-0.15, -0.1) is 0 Å². The second-order valence-electron chi connectivity index (χ2n) is 4.32. The molecular weight excluding hydrogens is 250 g/mol. The molecule has 2 rings (SSSR count). The van der Waals surface area contributed by atoms with E-state index < -0.39 is 0 Å². The summed E-state index contributed by atoms with van der Waals surface area (Å²) in [5, 5.41) is 3.65. The lowest BCUT2D eigenvalue weighted by Gasteiger charge is -2.18. The van der Waals surface area contributed by atoms with Gasteiger partial charge in [0.2, 0.25) is 0 Å². The number of hydrogen-bond donors (Lipinski definition) is 1. The number of rotatable bonds is 5. The van der Waals surface area contributed by atoms with Crippen LogP contribution in [0.5, 0.6) is 0 Å². The molecule has 1 aromatic rings. The van der Waals surface area contributed by atoms with Crippen LogP contribution in [0.2, 0.25) is 0 Å². The maximum Gasteiger partial charge on any atom is 0.0348 e. The van der Waals surface area contributed by atoms with Gasteiger partial charge in [-0.3, -0.25) is 0 Å². The Morgan fingerprint density at radius 3 is 2.53 bits per heavy atom. The second kappa shape index (κ2) is 5.13. The summed E-state index contributed by atoms with van der Waals surface area (Å²) in [5.74, 6) is 0.873. The van der Waals surface area contributed by atoms with E-state index in [1.807, 2.05) is 0 Å². The largest absolute Gasteiger partial charge is 0.310 e. The first-order valence-electron chi connectivity index (χ1n) is 5.80. The van der Waals surface area contributed by atoms with E-state index in [1.54, 1.807) is 0 Å². The van der Waals surface area contributed by atoms with Crippen LogP contribution < -0.4 is 5.32 Å². The summed E-state index contributed by atoms with van der Waals surface area (Å²) in [6.45, 7) is 3.34. The Morgan fingerprint density at radius 1 is 1.33 bits per heavy atom. The SMILES string of the molecule is CCCNC(c1ccc(Br)cc1)C1CC1. The van der Waals surface area contributed by atoms with Crippen LogP contribution in [0.1, 0.15) is 37.8 Å². The van der Waals surface area contributed by atoms with Crippen LogP contribution in [0, 0.1) is 5.92 Å². The van der Waals surface area contributed by atoms with Gasteiger partial charge in [-0.1, -0.05) is 35.0 Å². The Labute approximate surface area is 100 Å². The van der Waals surface area contributed by atoms with Crippen molar-refractivity contribution in [2.75, 3.05) is 6.54 Å². The maximum absolute atomic E-state index is 3.65. The highest BCUT2D eigenvalue weighted by atomic mass is 79.9. The second-order valence-corrected chi connectivity index (χ2v) is 5.24. The standard InChI is InChI=1S/C13H18BrN/c1-2-9-15-13(10-3-4-10)11-5-7-12(14)8-6-11/h5-8,10,13,15H,2-4,9H2,1H3. The normalized spacial score (nSPS) is 17.7. The first-order chi connectivity index (χ1) is 7.31.